The fourth-order valence-electron chi connectivity index (χ4n) is 2.55. The minimum Gasteiger partial charge on any atom is -0.328 e. The summed E-state index contributed by atoms with van der Waals surface area (Å²) in [5.41, 5.74) is 0.215. The average molecular weight is 349 g/mol. The molecule has 24 heavy (non-hydrogen) atoms. The molecule has 128 valence electrons. The first-order valence-electron chi connectivity index (χ1n) is 7.66. The van der Waals surface area contributed by atoms with Gasteiger partial charge in [0, 0.05) is 32.9 Å². The van der Waals surface area contributed by atoms with E-state index in [1.54, 1.807) is 43.1 Å². The number of fused-ring (bicyclic) bond motifs is 1. The number of aryl methyl sites for hydroxylation is 3. The lowest BCUT2D eigenvalue weighted by molar-refractivity contribution is 0.593. The molecule has 0 spiro atoms. The Morgan fingerprint density at radius 1 is 1.21 bits per heavy atom. The fourth-order valence-corrected chi connectivity index (χ4v) is 3.46. The van der Waals surface area contributed by atoms with Crippen molar-refractivity contribution in [1.29, 1.82) is 0 Å². The number of hydrogen-bond donors (Lipinski definition) is 0. The summed E-state index contributed by atoms with van der Waals surface area (Å²) in [5, 5.41) is 8.78. The van der Waals surface area contributed by atoms with E-state index in [1.165, 1.54) is 9.13 Å². The Kier molecular flexibility index (Phi) is 4.56. The highest BCUT2D eigenvalue weighted by Crippen LogP contribution is 2.15. The number of nitrogens with zero attached hydrogens (tertiary/aromatic N) is 7. The summed E-state index contributed by atoms with van der Waals surface area (Å²) in [4.78, 5) is 29.1. The van der Waals surface area contributed by atoms with E-state index in [4.69, 9.17) is 0 Å². The molecule has 0 atom stereocenters. The van der Waals surface area contributed by atoms with Gasteiger partial charge in [-0.3, -0.25) is 13.9 Å². The van der Waals surface area contributed by atoms with Crippen molar-refractivity contribution in [1.82, 2.24) is 33.4 Å². The summed E-state index contributed by atoms with van der Waals surface area (Å²) in [6.07, 6.45) is 3.92. The van der Waals surface area contributed by atoms with Gasteiger partial charge in [0.05, 0.1) is 6.33 Å². The highest BCUT2D eigenvalue weighted by molar-refractivity contribution is 7.99. The van der Waals surface area contributed by atoms with Crippen molar-refractivity contribution >= 4 is 22.9 Å². The van der Waals surface area contributed by atoms with E-state index in [0.29, 0.717) is 24.1 Å². The molecule has 0 N–H and O–H groups in total. The van der Waals surface area contributed by atoms with E-state index in [9.17, 15) is 9.59 Å². The minimum absolute atomic E-state index is 0.296. The van der Waals surface area contributed by atoms with E-state index in [1.807, 2.05) is 11.5 Å². The number of aromatic nitrogens is 7. The zero-order valence-corrected chi connectivity index (χ0v) is 14.7. The average Bonchev–Trinajstić information content (AvgIpc) is 3.18. The lowest BCUT2D eigenvalue weighted by Crippen LogP contribution is -2.39. The quantitative estimate of drug-likeness (QED) is 0.467. The van der Waals surface area contributed by atoms with Crippen molar-refractivity contribution < 1.29 is 0 Å². The molecule has 0 bridgehead atoms. The molecule has 3 aromatic rings. The van der Waals surface area contributed by atoms with Crippen LogP contribution in [0, 0.1) is 0 Å². The summed E-state index contributed by atoms with van der Waals surface area (Å²) in [6.45, 7) is 3.20. The van der Waals surface area contributed by atoms with Crippen LogP contribution in [0.3, 0.4) is 0 Å². The van der Waals surface area contributed by atoms with E-state index in [-0.39, 0.29) is 11.2 Å². The highest BCUT2D eigenvalue weighted by Gasteiger charge is 2.14. The topological polar surface area (TPSA) is 92.5 Å². The van der Waals surface area contributed by atoms with Gasteiger partial charge in [-0.25, -0.2) is 9.78 Å². The molecular weight excluding hydrogens is 330 g/mol. The Bertz CT molecular complexity index is 981. The van der Waals surface area contributed by atoms with Crippen molar-refractivity contribution in [2.45, 2.75) is 31.6 Å². The largest absolute Gasteiger partial charge is 0.332 e. The van der Waals surface area contributed by atoms with Gasteiger partial charge in [0.25, 0.3) is 5.56 Å². The van der Waals surface area contributed by atoms with Crippen LogP contribution >= 0.6 is 11.8 Å². The van der Waals surface area contributed by atoms with Crippen LogP contribution < -0.4 is 11.2 Å². The van der Waals surface area contributed by atoms with Crippen LogP contribution in [0.4, 0.5) is 0 Å². The summed E-state index contributed by atoms with van der Waals surface area (Å²) in [7, 11) is 3.38. The van der Waals surface area contributed by atoms with Gasteiger partial charge < -0.3 is 9.13 Å². The Morgan fingerprint density at radius 3 is 2.75 bits per heavy atom. The first-order valence-corrected chi connectivity index (χ1v) is 8.64. The number of hydrogen-bond acceptors (Lipinski definition) is 6. The van der Waals surface area contributed by atoms with Crippen LogP contribution in [0.25, 0.3) is 11.2 Å². The molecule has 0 aliphatic heterocycles. The normalized spacial score (nSPS) is 11.5. The first-order chi connectivity index (χ1) is 11.5. The molecule has 0 radical (unpaired) electrons. The monoisotopic (exact) mass is 349 g/mol. The second-order valence-corrected chi connectivity index (χ2v) is 6.49. The zero-order valence-electron chi connectivity index (χ0n) is 13.8. The Hall–Kier alpha value is -2.36. The molecule has 0 amide bonds. The maximum atomic E-state index is 12.6. The van der Waals surface area contributed by atoms with Gasteiger partial charge in [-0.05, 0) is 13.3 Å². The minimum atomic E-state index is -0.340. The molecule has 0 aromatic carbocycles. The van der Waals surface area contributed by atoms with Crippen LogP contribution in [0.1, 0.15) is 13.3 Å². The molecule has 0 fully saturated rings. The summed E-state index contributed by atoms with van der Waals surface area (Å²) in [5.74, 6) is 0.748. The number of thioether (sulfide) groups is 1. The van der Waals surface area contributed by atoms with Gasteiger partial charge in [-0.1, -0.05) is 11.8 Å². The van der Waals surface area contributed by atoms with E-state index in [2.05, 4.69) is 15.2 Å². The molecule has 3 aromatic heterocycles. The molecule has 0 aliphatic carbocycles. The van der Waals surface area contributed by atoms with Crippen LogP contribution in [0.2, 0.25) is 0 Å². The Labute approximate surface area is 141 Å². The first kappa shape index (κ1) is 16.5. The molecule has 0 saturated heterocycles. The van der Waals surface area contributed by atoms with Gasteiger partial charge in [-0.15, -0.1) is 10.2 Å². The van der Waals surface area contributed by atoms with Gasteiger partial charge >= 0.3 is 5.69 Å². The summed E-state index contributed by atoms with van der Waals surface area (Å²) in [6, 6.07) is 0. The summed E-state index contributed by atoms with van der Waals surface area (Å²) < 4.78 is 6.29. The molecule has 3 rings (SSSR count). The van der Waals surface area contributed by atoms with Gasteiger partial charge in [0.15, 0.2) is 16.3 Å². The van der Waals surface area contributed by atoms with E-state index < -0.39 is 0 Å². The summed E-state index contributed by atoms with van der Waals surface area (Å²) >= 11 is 1.57. The van der Waals surface area contributed by atoms with Crippen molar-refractivity contribution in [3.8, 4) is 0 Å². The lowest BCUT2D eigenvalue weighted by Gasteiger charge is -2.08. The van der Waals surface area contributed by atoms with Crippen LogP contribution in [-0.2, 0) is 27.2 Å². The maximum absolute atomic E-state index is 12.6. The third kappa shape index (κ3) is 2.77. The third-order valence-electron chi connectivity index (χ3n) is 3.88. The van der Waals surface area contributed by atoms with Crippen LogP contribution in [0.5, 0.6) is 0 Å². The molecule has 3 heterocycles. The van der Waals surface area contributed by atoms with E-state index in [0.717, 1.165) is 17.5 Å². The standard InChI is InChI=1S/C14H19N7O2S/c1-4-20-9-16-17-13(20)24-7-5-6-21-12(22)10-11(15-8-18(10)2)19(3)14(21)23/h8-9H,4-7H2,1-3H3. The highest BCUT2D eigenvalue weighted by atomic mass is 32.2. The maximum Gasteiger partial charge on any atom is 0.332 e. The van der Waals surface area contributed by atoms with Crippen molar-refractivity contribution in [3.63, 3.8) is 0 Å². The number of imidazole rings is 1. The predicted molar refractivity (Wildman–Crippen MR) is 91.3 cm³/mol. The van der Waals surface area contributed by atoms with Gasteiger partial charge in [0.2, 0.25) is 0 Å². The van der Waals surface area contributed by atoms with Gasteiger partial charge in [-0.2, -0.15) is 0 Å². The van der Waals surface area contributed by atoms with Crippen molar-refractivity contribution in [2.75, 3.05) is 5.75 Å². The smallest absolute Gasteiger partial charge is 0.328 e. The molecule has 9 nitrogen and oxygen atoms in total. The van der Waals surface area contributed by atoms with Crippen LogP contribution in [-0.4, -0.2) is 39.2 Å². The van der Waals surface area contributed by atoms with Crippen molar-refractivity contribution in [2.24, 2.45) is 14.1 Å². The second-order valence-electron chi connectivity index (χ2n) is 5.43. The second kappa shape index (κ2) is 6.63. The van der Waals surface area contributed by atoms with Crippen molar-refractivity contribution in [3.05, 3.63) is 33.5 Å². The molecule has 0 saturated carbocycles. The molecule has 10 heteroatoms. The SMILES string of the molecule is CCn1cnnc1SCCCn1c(=O)c2c(ncn2C)n(C)c1=O. The lowest BCUT2D eigenvalue weighted by atomic mass is 10.4. The zero-order chi connectivity index (χ0) is 17.3. The molecule has 0 aliphatic rings. The van der Waals surface area contributed by atoms with Crippen LogP contribution in [0.15, 0.2) is 27.4 Å². The predicted octanol–water partition coefficient (Wildman–Crippen LogP) is 0.227. The van der Waals surface area contributed by atoms with E-state index >= 15 is 0 Å². The number of rotatable bonds is 6. The third-order valence-corrected chi connectivity index (χ3v) is 4.95. The molecular formula is C14H19N7O2S. The Balaban J connectivity index is 1.77. The Morgan fingerprint density at radius 2 is 2.00 bits per heavy atom. The molecule has 0 unspecified atom stereocenters. The fraction of sp³-hybridized carbons (Fsp3) is 0.500. The van der Waals surface area contributed by atoms with Gasteiger partial charge in [0.1, 0.15) is 6.33 Å².